The second-order valence-corrected chi connectivity index (χ2v) is 8.66. The summed E-state index contributed by atoms with van der Waals surface area (Å²) in [5, 5.41) is 8.09. The second-order valence-electron chi connectivity index (χ2n) is 6.48. The normalized spacial score (nSPS) is 14.8. The van der Waals surface area contributed by atoms with Crippen molar-refractivity contribution >= 4 is 27.5 Å². The predicted octanol–water partition coefficient (Wildman–Crippen LogP) is 1.67. The highest BCUT2D eigenvalue weighted by Crippen LogP contribution is 2.22. The van der Waals surface area contributed by atoms with E-state index in [9.17, 15) is 13.2 Å². The summed E-state index contributed by atoms with van der Waals surface area (Å²) in [6.07, 6.45) is 1.30. The van der Waals surface area contributed by atoms with Gasteiger partial charge in [0.15, 0.2) is 0 Å². The van der Waals surface area contributed by atoms with Crippen LogP contribution in [0, 0.1) is 0 Å². The molecule has 2 N–H and O–H groups in total. The van der Waals surface area contributed by atoms with Crippen molar-refractivity contribution in [3.8, 4) is 11.6 Å². The molecule has 10 nitrogen and oxygen atoms in total. The number of morpholine rings is 1. The number of hydrogen-bond acceptors (Lipinski definition) is 7. The van der Waals surface area contributed by atoms with Gasteiger partial charge in [-0.25, -0.2) is 13.1 Å². The number of rotatable bonds is 6. The summed E-state index contributed by atoms with van der Waals surface area (Å²) < 4.78 is 38.3. The van der Waals surface area contributed by atoms with Gasteiger partial charge >= 0.3 is 11.8 Å². The van der Waals surface area contributed by atoms with E-state index in [4.69, 9.17) is 20.8 Å². The highest BCUT2D eigenvalue weighted by atomic mass is 35.5. The zero-order valence-electron chi connectivity index (χ0n) is 15.7. The number of sulfonamides is 1. The predicted molar refractivity (Wildman–Crippen MR) is 106 cm³/mol. The number of nitrogens with one attached hydrogen (secondary N) is 2. The van der Waals surface area contributed by atoms with Crippen LogP contribution in [0.2, 0.25) is 5.02 Å². The van der Waals surface area contributed by atoms with Crippen molar-refractivity contribution in [3.63, 3.8) is 0 Å². The van der Waals surface area contributed by atoms with Gasteiger partial charge in [0.1, 0.15) is 10.6 Å². The van der Waals surface area contributed by atoms with E-state index in [1.54, 1.807) is 29.2 Å². The molecular formula is C18H18ClN5O5S. The zero-order chi connectivity index (χ0) is 21.1. The van der Waals surface area contributed by atoms with Crippen LogP contribution in [0.25, 0.3) is 11.6 Å². The van der Waals surface area contributed by atoms with Crippen molar-refractivity contribution in [1.29, 1.82) is 0 Å². The van der Waals surface area contributed by atoms with Gasteiger partial charge in [0.2, 0.25) is 10.0 Å². The van der Waals surface area contributed by atoms with E-state index in [2.05, 4.69) is 19.9 Å². The second kappa shape index (κ2) is 8.56. The van der Waals surface area contributed by atoms with Crippen LogP contribution in [0.3, 0.4) is 0 Å². The van der Waals surface area contributed by atoms with Crippen LogP contribution in [-0.2, 0) is 21.3 Å². The minimum absolute atomic E-state index is 0.0104. The molecule has 0 radical (unpaired) electrons. The fourth-order valence-corrected chi connectivity index (χ4v) is 4.07. The van der Waals surface area contributed by atoms with E-state index >= 15 is 0 Å². The molecule has 1 aliphatic heterocycles. The lowest BCUT2D eigenvalue weighted by molar-refractivity contribution is 0.0278. The molecule has 1 saturated heterocycles. The van der Waals surface area contributed by atoms with E-state index in [0.717, 1.165) is 0 Å². The Labute approximate surface area is 177 Å². The lowest BCUT2D eigenvalue weighted by atomic mass is 10.2. The number of aromatic amines is 1. The van der Waals surface area contributed by atoms with Gasteiger partial charge in [-0.15, -0.1) is 10.2 Å². The van der Waals surface area contributed by atoms with Gasteiger partial charge in [0, 0.05) is 30.9 Å². The molecule has 0 atom stereocenters. The lowest BCUT2D eigenvalue weighted by Gasteiger charge is -2.25. The summed E-state index contributed by atoms with van der Waals surface area (Å²) in [5.74, 6) is -0.542. The first-order valence-electron chi connectivity index (χ1n) is 9.06. The number of benzene rings is 1. The number of amides is 1. The first-order valence-corrected chi connectivity index (χ1v) is 10.9. The number of aromatic nitrogens is 3. The maximum Gasteiger partial charge on any atom is 0.311 e. The Bertz CT molecular complexity index is 1150. The Morgan fingerprint density at radius 3 is 2.77 bits per heavy atom. The Kier molecular flexibility index (Phi) is 5.86. The molecule has 0 bridgehead atoms. The molecule has 0 saturated carbocycles. The highest BCUT2D eigenvalue weighted by Gasteiger charge is 2.25. The number of H-pyrrole nitrogens is 1. The monoisotopic (exact) mass is 451 g/mol. The van der Waals surface area contributed by atoms with Crippen LogP contribution in [0.4, 0.5) is 0 Å². The van der Waals surface area contributed by atoms with Crippen molar-refractivity contribution in [1.82, 2.24) is 24.8 Å². The summed E-state index contributed by atoms with van der Waals surface area (Å²) in [5.41, 5.74) is 0.934. The fourth-order valence-electron chi connectivity index (χ4n) is 2.87. The summed E-state index contributed by atoms with van der Waals surface area (Å²) in [6, 6.07) is 8.31. The van der Waals surface area contributed by atoms with Gasteiger partial charge in [0.25, 0.3) is 5.89 Å². The van der Waals surface area contributed by atoms with Crippen LogP contribution in [0.15, 0.2) is 45.8 Å². The largest absolute Gasteiger partial charge is 0.411 e. The fraction of sp³-hybridized carbons (Fsp3) is 0.278. The van der Waals surface area contributed by atoms with Gasteiger partial charge in [-0.1, -0.05) is 29.8 Å². The van der Waals surface area contributed by atoms with E-state index < -0.39 is 15.9 Å². The molecule has 4 rings (SSSR count). The van der Waals surface area contributed by atoms with Crippen LogP contribution < -0.4 is 4.72 Å². The summed E-state index contributed by atoms with van der Waals surface area (Å²) >= 11 is 6.06. The third kappa shape index (κ3) is 4.38. The van der Waals surface area contributed by atoms with Crippen LogP contribution >= 0.6 is 11.6 Å². The smallest absolute Gasteiger partial charge is 0.311 e. The van der Waals surface area contributed by atoms with Gasteiger partial charge < -0.3 is 19.0 Å². The van der Waals surface area contributed by atoms with E-state index in [0.29, 0.717) is 36.9 Å². The van der Waals surface area contributed by atoms with Crippen molar-refractivity contribution in [2.24, 2.45) is 0 Å². The number of halogens is 1. The Hall–Kier alpha value is -2.73. The van der Waals surface area contributed by atoms with Crippen molar-refractivity contribution < 1.29 is 22.4 Å². The average Bonchev–Trinajstić information content (AvgIpc) is 3.43. The molecule has 0 aliphatic carbocycles. The highest BCUT2D eigenvalue weighted by molar-refractivity contribution is 7.89. The van der Waals surface area contributed by atoms with Crippen molar-refractivity contribution in [2.75, 3.05) is 26.3 Å². The van der Waals surface area contributed by atoms with Gasteiger partial charge in [-0.2, -0.15) is 0 Å². The summed E-state index contributed by atoms with van der Waals surface area (Å²) in [4.78, 5) is 16.7. The first kappa shape index (κ1) is 20.5. The molecule has 1 aliphatic rings. The van der Waals surface area contributed by atoms with E-state index in [1.807, 2.05) is 0 Å². The molecular weight excluding hydrogens is 434 g/mol. The third-order valence-electron chi connectivity index (χ3n) is 4.51. The van der Waals surface area contributed by atoms with Gasteiger partial charge in [-0.05, 0) is 17.7 Å². The molecule has 3 heterocycles. The molecule has 2 aromatic heterocycles. The molecule has 3 aromatic rings. The Morgan fingerprint density at radius 1 is 1.23 bits per heavy atom. The summed E-state index contributed by atoms with van der Waals surface area (Å²) in [6.45, 7) is 1.83. The van der Waals surface area contributed by atoms with E-state index in [1.165, 1.54) is 12.3 Å². The lowest BCUT2D eigenvalue weighted by Crippen LogP contribution is -2.40. The minimum Gasteiger partial charge on any atom is -0.411 e. The molecule has 158 valence electrons. The molecule has 0 spiro atoms. The summed E-state index contributed by atoms with van der Waals surface area (Å²) in [7, 11) is -3.81. The Morgan fingerprint density at radius 2 is 2.00 bits per heavy atom. The first-order chi connectivity index (χ1) is 14.4. The quantitative estimate of drug-likeness (QED) is 0.582. The van der Waals surface area contributed by atoms with Crippen LogP contribution in [0.5, 0.6) is 0 Å². The minimum atomic E-state index is -3.81. The van der Waals surface area contributed by atoms with Gasteiger partial charge in [0.05, 0.1) is 13.2 Å². The average molecular weight is 452 g/mol. The third-order valence-corrected chi connectivity index (χ3v) is 6.26. The number of carbonyl (C=O) groups is 1. The molecule has 1 aromatic carbocycles. The molecule has 0 unspecified atom stereocenters. The van der Waals surface area contributed by atoms with Crippen LogP contribution in [-0.4, -0.2) is 60.7 Å². The number of nitrogens with zero attached hydrogens (tertiary/aromatic N) is 3. The Balaban J connectivity index is 1.46. The number of hydrogen-bond donors (Lipinski definition) is 2. The number of carbonyl (C=O) groups excluding carboxylic acids is 1. The van der Waals surface area contributed by atoms with E-state index in [-0.39, 0.29) is 28.9 Å². The molecule has 30 heavy (non-hydrogen) atoms. The zero-order valence-corrected chi connectivity index (χ0v) is 17.2. The van der Waals surface area contributed by atoms with Crippen molar-refractivity contribution in [3.05, 3.63) is 53.0 Å². The standard InChI is InChI=1S/C18H18ClN5O5S/c19-14-4-2-1-3-12(14)10-21-30(26,27)13-9-15(20-11-13)16-22-23-17(29-16)18(25)24-5-7-28-8-6-24/h1-4,9,11,20-21H,5-8,10H2. The topological polar surface area (TPSA) is 130 Å². The SMILES string of the molecule is O=C(c1nnc(-c2cc(S(=O)(=O)NCc3ccccc3Cl)c[nH]2)o1)N1CCOCC1. The number of ether oxygens (including phenoxy) is 1. The van der Waals surface area contributed by atoms with Crippen molar-refractivity contribution in [2.45, 2.75) is 11.4 Å². The maximum absolute atomic E-state index is 12.6. The molecule has 1 amide bonds. The van der Waals surface area contributed by atoms with Gasteiger partial charge in [-0.3, -0.25) is 4.79 Å². The van der Waals surface area contributed by atoms with Crippen LogP contribution in [0.1, 0.15) is 16.2 Å². The molecule has 1 fully saturated rings. The maximum atomic E-state index is 12.6. The molecule has 12 heteroatoms.